The molecule has 0 aliphatic rings. The van der Waals surface area contributed by atoms with Gasteiger partial charge in [-0.15, -0.1) is 0 Å². The molecule has 0 atom stereocenters. The van der Waals surface area contributed by atoms with Crippen molar-refractivity contribution in [3.63, 3.8) is 0 Å². The van der Waals surface area contributed by atoms with Crippen molar-refractivity contribution in [3.05, 3.63) is 11.1 Å². The molecule has 0 spiro atoms. The van der Waals surface area contributed by atoms with Crippen LogP contribution < -0.4 is 0 Å². The zero-order valence-electron chi connectivity index (χ0n) is 6.49. The lowest BCUT2D eigenvalue weighted by Crippen LogP contribution is -2.28. The summed E-state index contributed by atoms with van der Waals surface area (Å²) in [7, 11) is 0. The molecule has 0 unspecified atom stereocenters. The Hall–Kier alpha value is -0.380. The molecule has 0 aromatic heterocycles. The monoisotopic (exact) mass is 224 g/mol. The van der Waals surface area contributed by atoms with E-state index in [1.165, 1.54) is 0 Å². The molecule has 0 aromatic rings. The van der Waals surface area contributed by atoms with Gasteiger partial charge in [0.1, 0.15) is 6.61 Å². The molecule has 0 aliphatic carbocycles. The Kier molecular flexibility index (Phi) is 3.72. The molecule has 0 amide bonds. The highest BCUT2D eigenvalue weighted by Crippen LogP contribution is 2.11. The molecule has 0 N–H and O–H groups in total. The van der Waals surface area contributed by atoms with Gasteiger partial charge < -0.3 is 4.74 Å². The van der Waals surface area contributed by atoms with Gasteiger partial charge in [-0.25, -0.2) is 9.18 Å². The quantitative estimate of drug-likeness (QED) is 0.688. The van der Waals surface area contributed by atoms with Crippen LogP contribution in [-0.2, 0) is 9.53 Å². The Morgan fingerprint density at radius 2 is 2.18 bits per heavy atom. The molecule has 0 aliphatic heterocycles. The molecule has 0 fully saturated rings. The third-order valence-electron chi connectivity index (χ3n) is 0.845. The van der Waals surface area contributed by atoms with Crippen molar-refractivity contribution in [1.82, 2.24) is 0 Å². The van der Waals surface area contributed by atoms with Crippen molar-refractivity contribution in [2.24, 2.45) is 0 Å². The average molecular weight is 225 g/mol. The fraction of sp³-hybridized carbons (Fsp3) is 0.571. The van der Waals surface area contributed by atoms with Crippen molar-refractivity contribution >= 4 is 21.9 Å². The van der Waals surface area contributed by atoms with Crippen molar-refractivity contribution in [2.45, 2.75) is 19.5 Å². The zero-order chi connectivity index (χ0) is 9.07. The lowest BCUT2D eigenvalue weighted by molar-refractivity contribution is -0.154. The van der Waals surface area contributed by atoms with Crippen LogP contribution in [0.4, 0.5) is 4.39 Å². The van der Waals surface area contributed by atoms with E-state index in [4.69, 9.17) is 0 Å². The molecule has 0 aromatic carbocycles. The Morgan fingerprint density at radius 1 is 1.73 bits per heavy atom. The number of halogens is 2. The first-order chi connectivity index (χ1) is 4.84. The van der Waals surface area contributed by atoms with E-state index < -0.39 is 11.6 Å². The lowest BCUT2D eigenvalue weighted by atomic mass is 10.2. The minimum absolute atomic E-state index is 0.00613. The number of esters is 1. The summed E-state index contributed by atoms with van der Waals surface area (Å²) in [5, 5.41) is 0. The molecule has 0 heterocycles. The molecule has 0 saturated carbocycles. The molecule has 4 heteroatoms. The van der Waals surface area contributed by atoms with E-state index in [1.54, 1.807) is 0 Å². The van der Waals surface area contributed by atoms with Gasteiger partial charge >= 0.3 is 5.97 Å². The maximum Gasteiger partial charge on any atom is 0.343 e. The van der Waals surface area contributed by atoms with Crippen LogP contribution in [0.2, 0.25) is 0 Å². The first kappa shape index (κ1) is 10.6. The number of hydrogen-bond donors (Lipinski definition) is 0. The van der Waals surface area contributed by atoms with Gasteiger partial charge in [0.05, 0.1) is 0 Å². The number of alkyl halides is 1. The van der Waals surface area contributed by atoms with Gasteiger partial charge in [-0.05, 0) is 13.8 Å². The zero-order valence-corrected chi connectivity index (χ0v) is 8.07. The van der Waals surface area contributed by atoms with E-state index in [0.717, 1.165) is 13.8 Å². The Bertz CT molecular complexity index is 172. The standard InChI is InChI=1S/C7H10BrFO2/c1-5(8)4-11-6(10)7(2,3)9/h1,4H2,2-3H3. The minimum atomic E-state index is -1.93. The SMILES string of the molecule is C=C(Br)COC(=O)C(C)(C)F. The second-order valence-corrected chi connectivity index (χ2v) is 3.69. The summed E-state index contributed by atoms with van der Waals surface area (Å²) in [6, 6.07) is 0. The highest BCUT2D eigenvalue weighted by Gasteiger charge is 2.28. The lowest BCUT2D eigenvalue weighted by Gasteiger charge is -2.12. The third-order valence-corrected chi connectivity index (χ3v) is 1.07. The van der Waals surface area contributed by atoms with E-state index in [2.05, 4.69) is 27.2 Å². The fourth-order valence-electron chi connectivity index (χ4n) is 0.315. The number of carbonyl (C=O) groups is 1. The van der Waals surface area contributed by atoms with E-state index in [9.17, 15) is 9.18 Å². The van der Waals surface area contributed by atoms with E-state index in [1.807, 2.05) is 0 Å². The van der Waals surface area contributed by atoms with Crippen LogP contribution in [0.5, 0.6) is 0 Å². The largest absolute Gasteiger partial charge is 0.458 e. The van der Waals surface area contributed by atoms with Crippen LogP contribution in [0.3, 0.4) is 0 Å². The molecule has 0 rings (SSSR count). The van der Waals surface area contributed by atoms with Gasteiger partial charge in [-0.1, -0.05) is 22.5 Å². The summed E-state index contributed by atoms with van der Waals surface area (Å²) in [6.07, 6.45) is 0. The summed E-state index contributed by atoms with van der Waals surface area (Å²) in [4.78, 5) is 10.7. The van der Waals surface area contributed by atoms with Gasteiger partial charge in [-0.3, -0.25) is 0 Å². The average Bonchev–Trinajstić information content (AvgIpc) is 1.80. The summed E-state index contributed by atoms with van der Waals surface area (Å²) in [5.41, 5.74) is -1.93. The third kappa shape index (κ3) is 4.95. The van der Waals surface area contributed by atoms with Gasteiger partial charge in [0.25, 0.3) is 0 Å². The number of rotatable bonds is 3. The number of ether oxygens (including phenoxy) is 1. The summed E-state index contributed by atoms with van der Waals surface area (Å²) in [5.74, 6) is -0.877. The van der Waals surface area contributed by atoms with Crippen LogP contribution in [0.15, 0.2) is 11.1 Å². The van der Waals surface area contributed by atoms with Crippen LogP contribution in [-0.4, -0.2) is 18.2 Å². The van der Waals surface area contributed by atoms with Crippen LogP contribution in [0.25, 0.3) is 0 Å². The van der Waals surface area contributed by atoms with Crippen molar-refractivity contribution < 1.29 is 13.9 Å². The second-order valence-electron chi connectivity index (χ2n) is 2.57. The molecule has 11 heavy (non-hydrogen) atoms. The van der Waals surface area contributed by atoms with E-state index in [-0.39, 0.29) is 6.61 Å². The molecular formula is C7H10BrFO2. The van der Waals surface area contributed by atoms with Crippen molar-refractivity contribution in [2.75, 3.05) is 6.61 Å². The maximum atomic E-state index is 12.7. The minimum Gasteiger partial charge on any atom is -0.458 e. The number of hydrogen-bond acceptors (Lipinski definition) is 2. The van der Waals surface area contributed by atoms with Gasteiger partial charge in [-0.2, -0.15) is 0 Å². The Morgan fingerprint density at radius 3 is 2.45 bits per heavy atom. The molecule has 0 bridgehead atoms. The predicted octanol–water partition coefficient (Wildman–Crippen LogP) is 2.19. The molecule has 2 nitrogen and oxygen atoms in total. The normalized spacial score (nSPS) is 10.9. The number of carbonyl (C=O) groups excluding carboxylic acids is 1. The van der Waals surface area contributed by atoms with Gasteiger partial charge in [0.15, 0.2) is 0 Å². The topological polar surface area (TPSA) is 26.3 Å². The maximum absolute atomic E-state index is 12.7. The second kappa shape index (κ2) is 3.85. The summed E-state index contributed by atoms with van der Waals surface area (Å²) >= 11 is 2.98. The van der Waals surface area contributed by atoms with Crippen LogP contribution >= 0.6 is 15.9 Å². The molecule has 0 saturated heterocycles. The van der Waals surface area contributed by atoms with Gasteiger partial charge in [0.2, 0.25) is 5.67 Å². The van der Waals surface area contributed by atoms with Crippen molar-refractivity contribution in [3.8, 4) is 0 Å². The molecular weight excluding hydrogens is 215 g/mol. The highest BCUT2D eigenvalue weighted by atomic mass is 79.9. The van der Waals surface area contributed by atoms with Crippen LogP contribution in [0.1, 0.15) is 13.8 Å². The molecule has 64 valence electrons. The Labute approximate surface area is 73.5 Å². The first-order valence-corrected chi connectivity index (χ1v) is 3.82. The smallest absolute Gasteiger partial charge is 0.343 e. The van der Waals surface area contributed by atoms with E-state index in [0.29, 0.717) is 4.48 Å². The predicted molar refractivity (Wildman–Crippen MR) is 44.2 cm³/mol. The Balaban J connectivity index is 3.80. The van der Waals surface area contributed by atoms with Crippen molar-refractivity contribution in [1.29, 1.82) is 0 Å². The highest BCUT2D eigenvalue weighted by molar-refractivity contribution is 9.11. The van der Waals surface area contributed by atoms with E-state index >= 15 is 0 Å². The molecule has 0 radical (unpaired) electrons. The van der Waals surface area contributed by atoms with Gasteiger partial charge in [0, 0.05) is 4.48 Å². The summed E-state index contributed by atoms with van der Waals surface area (Å²) in [6.45, 7) is 5.72. The fourth-order valence-corrected chi connectivity index (χ4v) is 0.430. The summed E-state index contributed by atoms with van der Waals surface area (Å²) < 4.78 is 17.7. The van der Waals surface area contributed by atoms with Crippen LogP contribution in [0, 0.1) is 0 Å². The first-order valence-electron chi connectivity index (χ1n) is 3.03.